The van der Waals surface area contributed by atoms with Crippen LogP contribution in [0.15, 0.2) is 0 Å². The molecule has 106 valence electrons. The van der Waals surface area contributed by atoms with Crippen LogP contribution in [0.4, 0.5) is 0 Å². The van der Waals surface area contributed by atoms with E-state index in [1.54, 1.807) is 11.8 Å². The number of nitrogens with zero attached hydrogens (tertiary/aromatic N) is 1. The highest BCUT2D eigenvalue weighted by molar-refractivity contribution is 8.01. The van der Waals surface area contributed by atoms with Crippen LogP contribution in [-0.4, -0.2) is 46.1 Å². The van der Waals surface area contributed by atoms with Gasteiger partial charge < -0.3 is 10.0 Å². The van der Waals surface area contributed by atoms with E-state index in [2.05, 4.69) is 6.92 Å². The summed E-state index contributed by atoms with van der Waals surface area (Å²) >= 11 is 1.67. The summed E-state index contributed by atoms with van der Waals surface area (Å²) in [5.41, 5.74) is 0. The first-order valence-corrected chi connectivity index (χ1v) is 8.03. The molecule has 4 heteroatoms. The topological polar surface area (TPSA) is 40.5 Å². The van der Waals surface area contributed by atoms with Gasteiger partial charge in [-0.3, -0.25) is 4.79 Å². The van der Waals surface area contributed by atoms with Crippen LogP contribution in [0.2, 0.25) is 0 Å². The molecule has 0 radical (unpaired) electrons. The number of thioether (sulfide) groups is 1. The molecule has 18 heavy (non-hydrogen) atoms. The predicted molar refractivity (Wildman–Crippen MR) is 77.9 cm³/mol. The van der Waals surface area contributed by atoms with Crippen LogP contribution in [-0.2, 0) is 4.79 Å². The van der Waals surface area contributed by atoms with Gasteiger partial charge in [0.05, 0.1) is 5.25 Å². The highest BCUT2D eigenvalue weighted by atomic mass is 32.2. The molecule has 1 saturated carbocycles. The molecule has 1 aliphatic carbocycles. The summed E-state index contributed by atoms with van der Waals surface area (Å²) in [5, 5.41) is 9.23. The number of hydrogen-bond donors (Lipinski definition) is 1. The summed E-state index contributed by atoms with van der Waals surface area (Å²) in [6.07, 6.45) is 6.90. The van der Waals surface area contributed by atoms with Crippen molar-refractivity contribution in [1.29, 1.82) is 0 Å². The van der Waals surface area contributed by atoms with Gasteiger partial charge in [0.25, 0.3) is 0 Å². The van der Waals surface area contributed by atoms with Gasteiger partial charge in [-0.05, 0) is 26.2 Å². The van der Waals surface area contributed by atoms with E-state index in [1.165, 1.54) is 19.3 Å². The maximum absolute atomic E-state index is 12.3. The van der Waals surface area contributed by atoms with Gasteiger partial charge in [0.15, 0.2) is 0 Å². The molecule has 2 atom stereocenters. The van der Waals surface area contributed by atoms with Gasteiger partial charge in [-0.1, -0.05) is 26.2 Å². The molecule has 1 rings (SSSR count). The van der Waals surface area contributed by atoms with Crippen molar-refractivity contribution in [1.82, 2.24) is 4.90 Å². The largest absolute Gasteiger partial charge is 0.396 e. The Hall–Kier alpha value is -0.220. The van der Waals surface area contributed by atoms with E-state index in [0.29, 0.717) is 11.3 Å². The molecule has 0 bridgehead atoms. The molecule has 1 aliphatic rings. The molecule has 0 unspecified atom stereocenters. The molecule has 3 nitrogen and oxygen atoms in total. The molecule has 1 amide bonds. The normalized spacial score (nSPS) is 20.4. The highest BCUT2D eigenvalue weighted by Crippen LogP contribution is 2.26. The first kappa shape index (κ1) is 15.8. The van der Waals surface area contributed by atoms with Gasteiger partial charge >= 0.3 is 0 Å². The summed E-state index contributed by atoms with van der Waals surface area (Å²) in [7, 11) is 1.95. The van der Waals surface area contributed by atoms with Crippen molar-refractivity contribution in [2.75, 3.05) is 13.7 Å². The fraction of sp³-hybridized carbons (Fsp3) is 0.929. The van der Waals surface area contributed by atoms with E-state index in [-0.39, 0.29) is 17.8 Å². The first-order valence-electron chi connectivity index (χ1n) is 7.09. The Morgan fingerprint density at radius 3 is 2.50 bits per heavy atom. The fourth-order valence-electron chi connectivity index (χ4n) is 2.59. The summed E-state index contributed by atoms with van der Waals surface area (Å²) in [6.45, 7) is 4.26. The van der Waals surface area contributed by atoms with Gasteiger partial charge in [-0.25, -0.2) is 0 Å². The smallest absolute Gasteiger partial charge is 0.235 e. The Morgan fingerprint density at radius 1 is 1.33 bits per heavy atom. The Balaban J connectivity index is 2.41. The van der Waals surface area contributed by atoms with E-state index in [1.807, 2.05) is 18.9 Å². The molecule has 0 spiro atoms. The number of aliphatic hydroxyl groups excluding tert-OH is 1. The number of carbonyl (C=O) groups is 1. The molecule has 0 heterocycles. The quantitative estimate of drug-likeness (QED) is 0.809. The van der Waals surface area contributed by atoms with Gasteiger partial charge in [0.1, 0.15) is 0 Å². The lowest BCUT2D eigenvalue weighted by atomic mass is 9.94. The minimum atomic E-state index is -0.00141. The SMILES string of the molecule is C[C@@H](CCO)S[C@H](C)C(=O)N(C)C1CCCCC1. The minimum absolute atomic E-state index is 0.00141. The van der Waals surface area contributed by atoms with Crippen molar-refractivity contribution in [2.24, 2.45) is 0 Å². The molecular formula is C14H27NO2S. The lowest BCUT2D eigenvalue weighted by molar-refractivity contribution is -0.131. The maximum Gasteiger partial charge on any atom is 0.235 e. The number of aliphatic hydroxyl groups is 1. The summed E-state index contributed by atoms with van der Waals surface area (Å²) < 4.78 is 0. The molecule has 0 aliphatic heterocycles. The molecule has 1 fully saturated rings. The second-order valence-corrected chi connectivity index (χ2v) is 7.13. The van der Waals surface area contributed by atoms with Crippen molar-refractivity contribution < 1.29 is 9.90 Å². The lowest BCUT2D eigenvalue weighted by Crippen LogP contribution is -2.42. The van der Waals surface area contributed by atoms with Crippen molar-refractivity contribution >= 4 is 17.7 Å². The molecule has 0 aromatic heterocycles. The molecule has 0 aromatic rings. The van der Waals surface area contributed by atoms with Crippen LogP contribution in [0.5, 0.6) is 0 Å². The van der Waals surface area contributed by atoms with Crippen LogP contribution in [0, 0.1) is 0 Å². The summed E-state index contributed by atoms with van der Waals surface area (Å²) in [4.78, 5) is 14.3. The van der Waals surface area contributed by atoms with Crippen LogP contribution < -0.4 is 0 Å². The van der Waals surface area contributed by atoms with Crippen molar-refractivity contribution in [2.45, 2.75) is 68.9 Å². The fourth-order valence-corrected chi connectivity index (χ4v) is 3.81. The number of carbonyl (C=O) groups excluding carboxylic acids is 1. The van der Waals surface area contributed by atoms with Crippen LogP contribution in [0.25, 0.3) is 0 Å². The van der Waals surface area contributed by atoms with E-state index in [9.17, 15) is 4.79 Å². The van der Waals surface area contributed by atoms with Crippen LogP contribution >= 0.6 is 11.8 Å². The van der Waals surface area contributed by atoms with E-state index < -0.39 is 0 Å². The predicted octanol–water partition coefficient (Wildman–Crippen LogP) is 2.67. The summed E-state index contributed by atoms with van der Waals surface area (Å²) in [6, 6.07) is 0.447. The zero-order valence-corrected chi connectivity index (χ0v) is 12.7. The van der Waals surface area contributed by atoms with Gasteiger partial charge in [-0.15, -0.1) is 11.8 Å². The number of amides is 1. The highest BCUT2D eigenvalue weighted by Gasteiger charge is 2.26. The Morgan fingerprint density at radius 2 is 1.94 bits per heavy atom. The third kappa shape index (κ3) is 4.81. The van der Waals surface area contributed by atoms with Gasteiger partial charge in [-0.2, -0.15) is 0 Å². The van der Waals surface area contributed by atoms with Crippen molar-refractivity contribution in [3.63, 3.8) is 0 Å². The number of rotatable bonds is 6. The average Bonchev–Trinajstić information content (AvgIpc) is 2.38. The average molecular weight is 273 g/mol. The number of hydrogen-bond acceptors (Lipinski definition) is 3. The van der Waals surface area contributed by atoms with Crippen molar-refractivity contribution in [3.05, 3.63) is 0 Å². The third-order valence-electron chi connectivity index (χ3n) is 3.79. The second kappa shape index (κ2) is 8.05. The molecule has 0 saturated heterocycles. The van der Waals surface area contributed by atoms with E-state index in [4.69, 9.17) is 5.11 Å². The third-order valence-corrected chi connectivity index (χ3v) is 5.10. The molecular weight excluding hydrogens is 246 g/mol. The molecule has 1 N–H and O–H groups in total. The molecule has 0 aromatic carbocycles. The van der Waals surface area contributed by atoms with Gasteiger partial charge in [0.2, 0.25) is 5.91 Å². The minimum Gasteiger partial charge on any atom is -0.396 e. The Labute approximate surface area is 115 Å². The van der Waals surface area contributed by atoms with Crippen LogP contribution in [0.1, 0.15) is 52.4 Å². The standard InChI is InChI=1S/C14H27NO2S/c1-11(9-10-16)18-12(2)14(17)15(3)13-7-5-4-6-8-13/h11-13,16H,4-10H2,1-3H3/t11-,12+/m0/s1. The maximum atomic E-state index is 12.3. The first-order chi connectivity index (χ1) is 8.56. The van der Waals surface area contributed by atoms with Gasteiger partial charge in [0, 0.05) is 24.9 Å². The zero-order valence-electron chi connectivity index (χ0n) is 11.9. The van der Waals surface area contributed by atoms with E-state index >= 15 is 0 Å². The monoisotopic (exact) mass is 273 g/mol. The Kier molecular flexibility index (Phi) is 7.08. The lowest BCUT2D eigenvalue weighted by Gasteiger charge is -2.33. The van der Waals surface area contributed by atoms with Crippen molar-refractivity contribution in [3.8, 4) is 0 Å². The van der Waals surface area contributed by atoms with E-state index in [0.717, 1.165) is 19.3 Å². The van der Waals surface area contributed by atoms with Crippen LogP contribution in [0.3, 0.4) is 0 Å². The zero-order chi connectivity index (χ0) is 13.5. The second-order valence-electron chi connectivity index (χ2n) is 5.34. The summed E-state index contributed by atoms with van der Waals surface area (Å²) in [5.74, 6) is 0.247. The Bertz CT molecular complexity index is 254.